The van der Waals surface area contributed by atoms with E-state index in [1.165, 1.54) is 29.6 Å². The van der Waals surface area contributed by atoms with E-state index in [1.54, 1.807) is 10.6 Å². The maximum absolute atomic E-state index is 3.62. The summed E-state index contributed by atoms with van der Waals surface area (Å²) in [5, 5.41) is 0. The standard InChI is InChI=1S/C9H13BrNS/c1-2-11-7-5-3-4-6-8(7)12-9(11)10/h2-6H2,1H3/q+1. The topological polar surface area (TPSA) is 3.88 Å². The molecule has 2 rings (SSSR count). The zero-order chi connectivity index (χ0) is 8.55. The predicted octanol–water partition coefficient (Wildman–Crippen LogP) is 2.70. The van der Waals surface area contributed by atoms with Crippen LogP contribution in [0.2, 0.25) is 0 Å². The minimum Gasteiger partial charge on any atom is -0.180 e. The molecule has 0 radical (unpaired) electrons. The summed E-state index contributed by atoms with van der Waals surface area (Å²) in [5.41, 5.74) is 1.58. The lowest BCUT2D eigenvalue weighted by Crippen LogP contribution is -2.37. The molecule has 0 unspecified atom stereocenters. The van der Waals surface area contributed by atoms with Gasteiger partial charge in [0, 0.05) is 22.4 Å². The molecule has 1 aromatic rings. The number of nitrogens with zero attached hydrogens (tertiary/aromatic N) is 1. The lowest BCUT2D eigenvalue weighted by atomic mass is 10.0. The van der Waals surface area contributed by atoms with Gasteiger partial charge in [-0.15, -0.1) is 0 Å². The van der Waals surface area contributed by atoms with Crippen LogP contribution in [0.15, 0.2) is 3.92 Å². The van der Waals surface area contributed by atoms with Gasteiger partial charge in [-0.1, -0.05) is 11.3 Å². The highest BCUT2D eigenvalue weighted by Crippen LogP contribution is 2.27. The fraction of sp³-hybridized carbons (Fsp3) is 0.667. The molecule has 1 aromatic heterocycles. The van der Waals surface area contributed by atoms with E-state index in [0.717, 1.165) is 6.54 Å². The second-order valence-electron chi connectivity index (χ2n) is 3.18. The van der Waals surface area contributed by atoms with Crippen molar-refractivity contribution < 1.29 is 4.57 Å². The van der Waals surface area contributed by atoms with Gasteiger partial charge in [0.05, 0.1) is 4.88 Å². The first kappa shape index (κ1) is 8.70. The van der Waals surface area contributed by atoms with E-state index in [1.807, 2.05) is 11.3 Å². The zero-order valence-corrected chi connectivity index (χ0v) is 9.67. The monoisotopic (exact) mass is 246 g/mol. The Kier molecular flexibility index (Phi) is 2.51. The molecule has 0 aromatic carbocycles. The Hall–Kier alpha value is 0.110. The maximum atomic E-state index is 3.62. The van der Waals surface area contributed by atoms with Gasteiger partial charge in [0.1, 0.15) is 6.54 Å². The lowest BCUT2D eigenvalue weighted by Gasteiger charge is -2.05. The molecule has 0 atom stereocenters. The summed E-state index contributed by atoms with van der Waals surface area (Å²) >= 11 is 5.54. The molecule has 0 bridgehead atoms. The zero-order valence-electron chi connectivity index (χ0n) is 7.27. The number of halogens is 1. The molecule has 0 amide bonds. The normalized spacial score (nSPS) is 16.2. The highest BCUT2D eigenvalue weighted by atomic mass is 79.9. The predicted molar refractivity (Wildman–Crippen MR) is 54.5 cm³/mol. The van der Waals surface area contributed by atoms with Crippen LogP contribution in [-0.2, 0) is 19.4 Å². The van der Waals surface area contributed by atoms with Crippen molar-refractivity contribution in [3.8, 4) is 0 Å². The van der Waals surface area contributed by atoms with Crippen LogP contribution in [0.3, 0.4) is 0 Å². The van der Waals surface area contributed by atoms with Gasteiger partial charge in [0.15, 0.2) is 5.69 Å². The third kappa shape index (κ3) is 1.33. The summed E-state index contributed by atoms with van der Waals surface area (Å²) in [7, 11) is 0. The van der Waals surface area contributed by atoms with Crippen LogP contribution in [0, 0.1) is 0 Å². The molecule has 0 saturated heterocycles. The van der Waals surface area contributed by atoms with E-state index in [2.05, 4.69) is 27.4 Å². The molecule has 0 spiro atoms. The van der Waals surface area contributed by atoms with Gasteiger partial charge in [0.2, 0.25) is 0 Å². The van der Waals surface area contributed by atoms with Crippen LogP contribution in [-0.4, -0.2) is 0 Å². The summed E-state index contributed by atoms with van der Waals surface area (Å²) in [4.78, 5) is 1.61. The first-order valence-electron chi connectivity index (χ1n) is 4.52. The maximum Gasteiger partial charge on any atom is 0.305 e. The van der Waals surface area contributed by atoms with E-state index >= 15 is 0 Å². The molecular weight excluding hydrogens is 234 g/mol. The lowest BCUT2D eigenvalue weighted by molar-refractivity contribution is -0.706. The smallest absolute Gasteiger partial charge is 0.180 e. The molecular formula is C9H13BrNS+. The van der Waals surface area contributed by atoms with E-state index in [4.69, 9.17) is 0 Å². The van der Waals surface area contributed by atoms with Crippen LogP contribution in [0.5, 0.6) is 0 Å². The van der Waals surface area contributed by atoms with E-state index in [-0.39, 0.29) is 0 Å². The number of thiazole rings is 1. The summed E-state index contributed by atoms with van der Waals surface area (Å²) in [6.45, 7) is 3.32. The van der Waals surface area contributed by atoms with Crippen LogP contribution in [0.4, 0.5) is 0 Å². The van der Waals surface area contributed by atoms with E-state index in [0.29, 0.717) is 0 Å². The fourth-order valence-corrected chi connectivity index (χ4v) is 4.02. The van der Waals surface area contributed by atoms with Crippen molar-refractivity contribution in [1.82, 2.24) is 0 Å². The van der Waals surface area contributed by atoms with Crippen LogP contribution in [0.1, 0.15) is 30.3 Å². The molecule has 66 valence electrons. The number of hydrogen-bond donors (Lipinski definition) is 0. The van der Waals surface area contributed by atoms with Crippen LogP contribution < -0.4 is 4.57 Å². The molecule has 1 aliphatic carbocycles. The van der Waals surface area contributed by atoms with Crippen LogP contribution >= 0.6 is 27.3 Å². The Labute approximate surface area is 85.6 Å². The minimum absolute atomic E-state index is 1.10. The second kappa shape index (κ2) is 3.46. The second-order valence-corrected chi connectivity index (χ2v) is 5.54. The van der Waals surface area contributed by atoms with E-state index < -0.39 is 0 Å². The Bertz CT molecular complexity index is 293. The molecule has 1 aliphatic rings. The highest BCUT2D eigenvalue weighted by molar-refractivity contribution is 9.11. The van der Waals surface area contributed by atoms with Crippen molar-refractivity contribution in [2.24, 2.45) is 0 Å². The molecule has 1 heterocycles. The van der Waals surface area contributed by atoms with Crippen molar-refractivity contribution >= 4 is 27.3 Å². The van der Waals surface area contributed by atoms with Gasteiger partial charge in [-0.25, -0.2) is 0 Å². The molecule has 0 saturated carbocycles. The quantitative estimate of drug-likeness (QED) is 0.672. The Morgan fingerprint density at radius 3 is 2.92 bits per heavy atom. The summed E-state index contributed by atoms with van der Waals surface area (Å²) in [6, 6.07) is 0. The van der Waals surface area contributed by atoms with Crippen molar-refractivity contribution in [2.45, 2.75) is 39.2 Å². The highest BCUT2D eigenvalue weighted by Gasteiger charge is 2.25. The average molecular weight is 247 g/mol. The van der Waals surface area contributed by atoms with Gasteiger partial charge < -0.3 is 0 Å². The first-order valence-corrected chi connectivity index (χ1v) is 6.13. The van der Waals surface area contributed by atoms with E-state index in [9.17, 15) is 0 Å². The third-order valence-electron chi connectivity index (χ3n) is 2.45. The van der Waals surface area contributed by atoms with Crippen molar-refractivity contribution in [3.05, 3.63) is 14.5 Å². The minimum atomic E-state index is 1.10. The molecule has 3 heteroatoms. The van der Waals surface area contributed by atoms with Gasteiger partial charge in [0.25, 0.3) is 0 Å². The van der Waals surface area contributed by atoms with Crippen molar-refractivity contribution in [3.63, 3.8) is 0 Å². The van der Waals surface area contributed by atoms with Gasteiger partial charge >= 0.3 is 3.92 Å². The Morgan fingerprint density at radius 2 is 2.17 bits per heavy atom. The van der Waals surface area contributed by atoms with Gasteiger partial charge in [-0.3, -0.25) is 0 Å². The summed E-state index contributed by atoms with van der Waals surface area (Å²) in [6.07, 6.45) is 5.33. The summed E-state index contributed by atoms with van der Waals surface area (Å²) < 4.78 is 3.70. The molecule has 12 heavy (non-hydrogen) atoms. The molecule has 0 aliphatic heterocycles. The SMILES string of the molecule is CC[n+]1c(Br)sc2c1CCCC2. The number of hydrogen-bond acceptors (Lipinski definition) is 1. The number of fused-ring (bicyclic) bond motifs is 1. The largest absolute Gasteiger partial charge is 0.305 e. The van der Waals surface area contributed by atoms with Gasteiger partial charge in [-0.05, 0) is 26.2 Å². The number of rotatable bonds is 1. The van der Waals surface area contributed by atoms with Gasteiger partial charge in [-0.2, -0.15) is 4.57 Å². The average Bonchev–Trinajstić information content (AvgIpc) is 2.40. The third-order valence-corrected chi connectivity index (χ3v) is 4.44. The first-order chi connectivity index (χ1) is 5.83. The fourth-order valence-electron chi connectivity index (χ4n) is 1.84. The van der Waals surface area contributed by atoms with Crippen molar-refractivity contribution in [1.29, 1.82) is 0 Å². The summed E-state index contributed by atoms with van der Waals surface area (Å²) in [5.74, 6) is 0. The molecule has 1 nitrogen and oxygen atoms in total. The van der Waals surface area contributed by atoms with Crippen LogP contribution in [0.25, 0.3) is 0 Å². The van der Waals surface area contributed by atoms with Crippen molar-refractivity contribution in [2.75, 3.05) is 0 Å². The number of aromatic nitrogens is 1. The molecule has 0 N–H and O–H groups in total. The number of aryl methyl sites for hydroxylation is 1. The Balaban J connectivity index is 2.46. The molecule has 0 fully saturated rings. The Morgan fingerprint density at radius 1 is 1.42 bits per heavy atom.